The normalized spacial score (nSPS) is 16.5. The molecule has 32 heavy (non-hydrogen) atoms. The van der Waals surface area contributed by atoms with Crippen LogP contribution >= 0.6 is 11.3 Å². The molecular formula is C23H27N3O5S. The molecule has 0 spiro atoms. The lowest BCUT2D eigenvalue weighted by Crippen LogP contribution is -2.53. The van der Waals surface area contributed by atoms with Crippen LogP contribution in [-0.2, 0) is 4.79 Å². The quantitative estimate of drug-likeness (QED) is 0.666. The predicted octanol–water partition coefficient (Wildman–Crippen LogP) is 2.65. The maximum atomic E-state index is 13.0. The van der Waals surface area contributed by atoms with Gasteiger partial charge in [0.05, 0.1) is 4.88 Å². The zero-order valence-corrected chi connectivity index (χ0v) is 18.8. The molecule has 1 aromatic heterocycles. The molecule has 4 rings (SSSR count). The second-order valence-electron chi connectivity index (χ2n) is 7.92. The smallest absolute Gasteiger partial charge is 0.262 e. The molecule has 0 saturated carbocycles. The number of thiophene rings is 1. The lowest BCUT2D eigenvalue weighted by atomic mass is 9.88. The molecule has 8 nitrogen and oxygen atoms in total. The molecule has 0 aliphatic carbocycles. The Bertz CT molecular complexity index is 970. The topological polar surface area (TPSA) is 97.0 Å². The van der Waals surface area contributed by atoms with E-state index in [-0.39, 0.29) is 30.4 Å². The van der Waals surface area contributed by atoms with Gasteiger partial charge in [0.1, 0.15) is 6.04 Å². The number of benzene rings is 1. The van der Waals surface area contributed by atoms with Crippen LogP contribution in [0.25, 0.3) is 0 Å². The summed E-state index contributed by atoms with van der Waals surface area (Å²) in [5.74, 6) is 0.693. The Labute approximate surface area is 190 Å². The molecule has 1 fully saturated rings. The van der Waals surface area contributed by atoms with Crippen LogP contribution < -0.4 is 20.1 Å². The molecule has 170 valence electrons. The number of hydrogen-bond acceptors (Lipinski definition) is 6. The molecule has 1 atom stereocenters. The Hall–Kier alpha value is -3.07. The third-order valence-corrected chi connectivity index (χ3v) is 6.65. The number of carbonyl (C=O) groups excluding carboxylic acids is 3. The van der Waals surface area contributed by atoms with Gasteiger partial charge in [-0.3, -0.25) is 14.4 Å². The molecule has 0 radical (unpaired) electrons. The Morgan fingerprint density at radius 3 is 2.66 bits per heavy atom. The first-order valence-corrected chi connectivity index (χ1v) is 11.8. The van der Waals surface area contributed by atoms with Gasteiger partial charge in [-0.15, -0.1) is 11.3 Å². The van der Waals surface area contributed by atoms with Crippen molar-refractivity contribution in [2.24, 2.45) is 5.92 Å². The van der Waals surface area contributed by atoms with Gasteiger partial charge < -0.3 is 25.0 Å². The summed E-state index contributed by atoms with van der Waals surface area (Å²) in [4.78, 5) is 40.8. The van der Waals surface area contributed by atoms with Gasteiger partial charge in [-0.1, -0.05) is 13.0 Å². The summed E-state index contributed by atoms with van der Waals surface area (Å²) in [5.41, 5.74) is 0.552. The fraction of sp³-hybridized carbons (Fsp3) is 0.435. The van der Waals surface area contributed by atoms with Gasteiger partial charge in [0.25, 0.3) is 11.8 Å². The van der Waals surface area contributed by atoms with Crippen LogP contribution in [0.2, 0.25) is 0 Å². The third-order valence-electron chi connectivity index (χ3n) is 5.78. The number of likely N-dealkylation sites (tertiary alicyclic amines) is 1. The lowest BCUT2D eigenvalue weighted by molar-refractivity contribution is -0.124. The highest BCUT2D eigenvalue weighted by atomic mass is 32.1. The summed E-state index contributed by atoms with van der Waals surface area (Å²) in [5, 5.41) is 7.67. The highest BCUT2D eigenvalue weighted by Gasteiger charge is 2.34. The highest BCUT2D eigenvalue weighted by Crippen LogP contribution is 2.33. The van der Waals surface area contributed by atoms with Gasteiger partial charge in [-0.05, 0) is 54.8 Å². The SMILES string of the molecule is CCCNC(=O)C(NC(=O)c1cccs1)C1CCN(C(=O)c2ccc3c(c2)OCO3)CC1. The van der Waals surface area contributed by atoms with Crippen molar-refractivity contribution in [3.05, 3.63) is 46.2 Å². The summed E-state index contributed by atoms with van der Waals surface area (Å²) in [6.07, 6.45) is 2.08. The van der Waals surface area contributed by atoms with E-state index in [2.05, 4.69) is 10.6 Å². The van der Waals surface area contributed by atoms with E-state index in [0.717, 1.165) is 6.42 Å². The van der Waals surface area contributed by atoms with Crippen LogP contribution in [0.3, 0.4) is 0 Å². The van der Waals surface area contributed by atoms with Crippen molar-refractivity contribution < 1.29 is 23.9 Å². The minimum absolute atomic E-state index is 0.0448. The van der Waals surface area contributed by atoms with Gasteiger partial charge in [-0.25, -0.2) is 0 Å². The molecule has 1 unspecified atom stereocenters. The fourth-order valence-electron chi connectivity index (χ4n) is 4.02. The Kier molecular flexibility index (Phi) is 6.94. The number of piperidine rings is 1. The van der Waals surface area contributed by atoms with Crippen LogP contribution in [0.15, 0.2) is 35.7 Å². The van der Waals surface area contributed by atoms with Crippen molar-refractivity contribution >= 4 is 29.1 Å². The molecule has 0 bridgehead atoms. The van der Waals surface area contributed by atoms with Gasteiger partial charge in [-0.2, -0.15) is 0 Å². The summed E-state index contributed by atoms with van der Waals surface area (Å²) in [6, 6.07) is 8.12. The first-order valence-electron chi connectivity index (χ1n) is 10.9. The summed E-state index contributed by atoms with van der Waals surface area (Å²) in [7, 11) is 0. The van der Waals surface area contributed by atoms with Crippen molar-refractivity contribution in [3.8, 4) is 11.5 Å². The number of fused-ring (bicyclic) bond motifs is 1. The van der Waals surface area contributed by atoms with Gasteiger partial charge >= 0.3 is 0 Å². The molecule has 2 aliphatic rings. The average molecular weight is 458 g/mol. The number of nitrogens with zero attached hydrogens (tertiary/aromatic N) is 1. The van der Waals surface area contributed by atoms with Crippen LogP contribution in [0.5, 0.6) is 11.5 Å². The summed E-state index contributed by atoms with van der Waals surface area (Å²) < 4.78 is 10.7. The molecule has 2 aromatic rings. The van der Waals surface area contributed by atoms with E-state index in [0.29, 0.717) is 54.4 Å². The molecule has 1 aromatic carbocycles. The summed E-state index contributed by atoms with van der Waals surface area (Å²) in [6.45, 7) is 3.75. The second kappa shape index (κ2) is 10.0. The molecule has 2 N–H and O–H groups in total. The number of amides is 3. The van der Waals surface area contributed by atoms with Crippen LogP contribution in [0, 0.1) is 5.92 Å². The minimum atomic E-state index is -0.626. The van der Waals surface area contributed by atoms with E-state index in [9.17, 15) is 14.4 Å². The minimum Gasteiger partial charge on any atom is -0.454 e. The van der Waals surface area contributed by atoms with E-state index in [1.165, 1.54) is 11.3 Å². The Balaban J connectivity index is 1.40. The first kappa shape index (κ1) is 22.1. The fourth-order valence-corrected chi connectivity index (χ4v) is 4.65. The van der Waals surface area contributed by atoms with Crippen molar-refractivity contribution in [3.63, 3.8) is 0 Å². The van der Waals surface area contributed by atoms with Crippen LogP contribution in [0.1, 0.15) is 46.2 Å². The monoisotopic (exact) mass is 457 g/mol. The van der Waals surface area contributed by atoms with Gasteiger partial charge in [0, 0.05) is 25.2 Å². The number of ether oxygens (including phenoxy) is 2. The predicted molar refractivity (Wildman–Crippen MR) is 120 cm³/mol. The third kappa shape index (κ3) is 4.88. The van der Waals surface area contributed by atoms with Gasteiger partial charge in [0.15, 0.2) is 11.5 Å². The number of nitrogens with one attached hydrogen (secondary N) is 2. The number of hydrogen-bond donors (Lipinski definition) is 2. The Morgan fingerprint density at radius 1 is 1.16 bits per heavy atom. The standard InChI is InChI=1S/C23H27N3O5S/c1-2-9-24-22(28)20(25-21(27)19-4-3-12-32-19)15-7-10-26(11-8-15)23(29)16-5-6-17-18(13-16)31-14-30-17/h3-6,12-13,15,20H,2,7-11,14H2,1H3,(H,24,28)(H,25,27). The second-order valence-corrected chi connectivity index (χ2v) is 8.86. The molecule has 3 amide bonds. The van der Waals surface area contributed by atoms with E-state index < -0.39 is 6.04 Å². The van der Waals surface area contributed by atoms with E-state index in [1.54, 1.807) is 29.2 Å². The van der Waals surface area contributed by atoms with Crippen molar-refractivity contribution in [1.29, 1.82) is 0 Å². The van der Waals surface area contributed by atoms with E-state index in [4.69, 9.17) is 9.47 Å². The van der Waals surface area contributed by atoms with Crippen molar-refractivity contribution in [1.82, 2.24) is 15.5 Å². The van der Waals surface area contributed by atoms with Crippen molar-refractivity contribution in [2.45, 2.75) is 32.2 Å². The number of carbonyl (C=O) groups is 3. The van der Waals surface area contributed by atoms with E-state index in [1.807, 2.05) is 18.4 Å². The Morgan fingerprint density at radius 2 is 1.94 bits per heavy atom. The molecule has 9 heteroatoms. The molecule has 3 heterocycles. The molecule has 2 aliphatic heterocycles. The van der Waals surface area contributed by atoms with E-state index >= 15 is 0 Å². The zero-order valence-electron chi connectivity index (χ0n) is 18.0. The van der Waals surface area contributed by atoms with Gasteiger partial charge in [0.2, 0.25) is 12.7 Å². The van der Waals surface area contributed by atoms with Crippen LogP contribution in [0.4, 0.5) is 0 Å². The average Bonchev–Trinajstić information content (AvgIpc) is 3.52. The number of rotatable bonds is 7. The van der Waals surface area contributed by atoms with Crippen LogP contribution in [-0.4, -0.2) is 55.1 Å². The highest BCUT2D eigenvalue weighted by molar-refractivity contribution is 7.12. The lowest BCUT2D eigenvalue weighted by Gasteiger charge is -2.35. The maximum absolute atomic E-state index is 13.0. The maximum Gasteiger partial charge on any atom is 0.262 e. The largest absolute Gasteiger partial charge is 0.454 e. The summed E-state index contributed by atoms with van der Waals surface area (Å²) >= 11 is 1.34. The first-order chi connectivity index (χ1) is 15.6. The molecular weight excluding hydrogens is 430 g/mol. The molecule has 1 saturated heterocycles. The van der Waals surface area contributed by atoms with Crippen molar-refractivity contribution in [2.75, 3.05) is 26.4 Å². The zero-order chi connectivity index (χ0) is 22.5.